The first-order chi connectivity index (χ1) is 19.8. The van der Waals surface area contributed by atoms with Gasteiger partial charge in [0.05, 0.1) is 10.9 Å². The van der Waals surface area contributed by atoms with E-state index in [1.54, 1.807) is 48.7 Å². The minimum atomic E-state index is -4.41. The summed E-state index contributed by atoms with van der Waals surface area (Å²) in [5.41, 5.74) is 3.28. The summed E-state index contributed by atoms with van der Waals surface area (Å²) in [6, 6.07) is 37.3. The van der Waals surface area contributed by atoms with Crippen molar-refractivity contribution in [2.45, 2.75) is 18.5 Å². The third kappa shape index (κ3) is 5.26. The van der Waals surface area contributed by atoms with Crippen LogP contribution in [0.25, 0.3) is 44.5 Å². The van der Waals surface area contributed by atoms with Crippen LogP contribution in [0, 0.1) is 17.9 Å². The Hall–Kier alpha value is -4.19. The fourth-order valence-corrected chi connectivity index (χ4v) is 5.18. The second-order valence-corrected chi connectivity index (χ2v) is 9.87. The van der Waals surface area contributed by atoms with Crippen molar-refractivity contribution in [3.63, 3.8) is 0 Å². The Morgan fingerprint density at radius 3 is 2.17 bits per heavy atom. The van der Waals surface area contributed by atoms with E-state index in [1.165, 1.54) is 19.1 Å². The number of hydrogen-bond acceptors (Lipinski definition) is 2. The summed E-state index contributed by atoms with van der Waals surface area (Å²) in [5, 5.41) is 0.986. The number of fused-ring (bicyclic) bond motifs is 4. The van der Waals surface area contributed by atoms with Gasteiger partial charge >= 0.3 is 6.18 Å². The van der Waals surface area contributed by atoms with Gasteiger partial charge in [0.25, 0.3) is 0 Å². The quantitative estimate of drug-likeness (QED) is 0.131. The Labute approximate surface area is 254 Å². The predicted octanol–water partition coefficient (Wildman–Crippen LogP) is 9.24. The molecule has 1 aliphatic rings. The van der Waals surface area contributed by atoms with E-state index in [-0.39, 0.29) is 37.0 Å². The molecule has 2 heterocycles. The summed E-state index contributed by atoms with van der Waals surface area (Å²) in [7, 11) is 0. The van der Waals surface area contributed by atoms with Gasteiger partial charge in [0.1, 0.15) is 0 Å². The molecule has 0 spiro atoms. The van der Waals surface area contributed by atoms with Crippen LogP contribution in [0.3, 0.4) is 0 Å². The number of benzene rings is 4. The van der Waals surface area contributed by atoms with Crippen molar-refractivity contribution in [3.05, 3.63) is 144 Å². The number of pyridine rings is 2. The first kappa shape index (κ1) is 29.3. The Morgan fingerprint density at radius 2 is 1.43 bits per heavy atom. The van der Waals surface area contributed by atoms with Gasteiger partial charge in [-0.1, -0.05) is 77.9 Å². The van der Waals surface area contributed by atoms with Gasteiger partial charge < -0.3 is 4.98 Å². The van der Waals surface area contributed by atoms with Crippen molar-refractivity contribution in [1.29, 1.82) is 0 Å². The molecule has 1 atom stereocenters. The van der Waals surface area contributed by atoms with Gasteiger partial charge in [0.2, 0.25) is 0 Å². The number of rotatable bonds is 2. The molecule has 7 heteroatoms. The Kier molecular flexibility index (Phi) is 8.09. The molecule has 0 fully saturated rings. The summed E-state index contributed by atoms with van der Waals surface area (Å²) >= 11 is 0. The van der Waals surface area contributed by atoms with Crippen LogP contribution in [-0.4, -0.2) is 16.1 Å². The summed E-state index contributed by atoms with van der Waals surface area (Å²) in [6.45, 7) is 1.26. The molecule has 4 aromatic carbocycles. The second kappa shape index (κ2) is 11.6. The molecule has 211 valence electrons. The molecular formula is C35H22F4IrN2-2. The minimum Gasteiger partial charge on any atom is -0.305 e. The molecule has 1 unspecified atom stereocenters. The molecule has 0 saturated carbocycles. The third-order valence-electron chi connectivity index (χ3n) is 7.40. The number of nitrogens with zero attached hydrogens (tertiary/aromatic N) is 2. The van der Waals surface area contributed by atoms with Gasteiger partial charge in [-0.15, -0.1) is 59.2 Å². The summed E-state index contributed by atoms with van der Waals surface area (Å²) in [6.07, 6.45) is -2.71. The maximum Gasteiger partial charge on any atom is 0.400 e. The molecule has 0 aliphatic heterocycles. The third-order valence-corrected chi connectivity index (χ3v) is 7.40. The van der Waals surface area contributed by atoms with E-state index < -0.39 is 11.6 Å². The van der Waals surface area contributed by atoms with E-state index in [2.05, 4.69) is 22.1 Å². The van der Waals surface area contributed by atoms with Crippen LogP contribution >= 0.6 is 0 Å². The van der Waals surface area contributed by atoms with E-state index >= 15 is 0 Å². The van der Waals surface area contributed by atoms with Crippen LogP contribution in [0.4, 0.5) is 17.6 Å². The van der Waals surface area contributed by atoms with E-state index in [1.807, 2.05) is 54.6 Å². The standard InChI is InChI=1S/C24H15F3N.C11H7FN.Ir/c1-23(24(25,26)27)19-8-4-3-7-17(19)18-12-10-16(14-20(18)23)22-13-11-15-6-2-5-9-21(15)28-22;12-10-6-4-9(5-7-10)11-3-1-2-8-13-11;/h2-9,11-14H,1H3;1-4,6-8H;/q2*-1;. The molecular weight excluding hydrogens is 717 g/mol. The monoisotopic (exact) mass is 739 g/mol. The Balaban J connectivity index is 0.000000212. The van der Waals surface area contributed by atoms with Crippen LogP contribution in [-0.2, 0) is 25.5 Å². The maximum absolute atomic E-state index is 14.2. The van der Waals surface area contributed by atoms with Crippen molar-refractivity contribution in [3.8, 4) is 33.6 Å². The van der Waals surface area contributed by atoms with Crippen LogP contribution in [0.5, 0.6) is 0 Å². The zero-order valence-corrected chi connectivity index (χ0v) is 24.6. The van der Waals surface area contributed by atoms with E-state index in [0.717, 1.165) is 22.2 Å². The number of halogens is 4. The molecule has 0 saturated heterocycles. The van der Waals surface area contributed by atoms with Crippen molar-refractivity contribution in [2.75, 3.05) is 0 Å². The number of alkyl halides is 3. The number of aromatic nitrogens is 2. The first-order valence-electron chi connectivity index (χ1n) is 12.9. The van der Waals surface area contributed by atoms with Gasteiger partial charge in [-0.3, -0.25) is 9.37 Å². The summed E-state index contributed by atoms with van der Waals surface area (Å²) in [4.78, 5) is 8.74. The van der Waals surface area contributed by atoms with Crippen LogP contribution in [0.15, 0.2) is 115 Å². The second-order valence-electron chi connectivity index (χ2n) is 9.87. The van der Waals surface area contributed by atoms with Crippen molar-refractivity contribution < 1.29 is 37.7 Å². The molecule has 6 aromatic rings. The fraction of sp³-hybridized carbons (Fsp3) is 0.0857. The molecule has 7 rings (SSSR count). The fourth-order valence-electron chi connectivity index (χ4n) is 5.18. The average molecular weight is 739 g/mol. The van der Waals surface area contributed by atoms with Gasteiger partial charge in [0, 0.05) is 32.1 Å². The van der Waals surface area contributed by atoms with E-state index in [9.17, 15) is 17.6 Å². The van der Waals surface area contributed by atoms with Crippen LogP contribution in [0.2, 0.25) is 0 Å². The molecule has 1 aliphatic carbocycles. The molecule has 0 N–H and O–H groups in total. The largest absolute Gasteiger partial charge is 0.400 e. The zero-order valence-electron chi connectivity index (χ0n) is 22.2. The smallest absolute Gasteiger partial charge is 0.305 e. The predicted molar refractivity (Wildman–Crippen MR) is 152 cm³/mol. The molecule has 0 bridgehead atoms. The van der Waals surface area contributed by atoms with Crippen molar-refractivity contribution in [2.24, 2.45) is 0 Å². The van der Waals surface area contributed by atoms with Crippen LogP contribution in [0.1, 0.15) is 18.1 Å². The first-order valence-corrected chi connectivity index (χ1v) is 12.9. The van der Waals surface area contributed by atoms with E-state index in [0.29, 0.717) is 22.4 Å². The van der Waals surface area contributed by atoms with Gasteiger partial charge in [-0.2, -0.15) is 13.2 Å². The molecule has 0 amide bonds. The van der Waals surface area contributed by atoms with Gasteiger partial charge in [0.15, 0.2) is 0 Å². The normalized spacial score (nSPS) is 15.2. The molecule has 2 nitrogen and oxygen atoms in total. The number of hydrogen-bond donors (Lipinski definition) is 0. The minimum absolute atomic E-state index is 0. The van der Waals surface area contributed by atoms with Crippen LogP contribution < -0.4 is 0 Å². The summed E-state index contributed by atoms with van der Waals surface area (Å²) < 4.78 is 55.2. The SMILES string of the molecule is CC1(C(F)(F)F)c2ccccc2-c2c[c-]c(-c3ccc4ccccc4n3)cc21.Fc1c[c-]c(-c2ccccn2)cc1.[Ir]. The Bertz CT molecular complexity index is 1850. The topological polar surface area (TPSA) is 25.8 Å². The van der Waals surface area contributed by atoms with E-state index in [4.69, 9.17) is 0 Å². The zero-order chi connectivity index (χ0) is 28.6. The molecule has 2 aromatic heterocycles. The molecule has 1 radical (unpaired) electrons. The number of para-hydroxylation sites is 1. The van der Waals surface area contributed by atoms with Gasteiger partial charge in [-0.25, -0.2) is 0 Å². The van der Waals surface area contributed by atoms with Gasteiger partial charge in [-0.05, 0) is 41.4 Å². The Morgan fingerprint density at radius 1 is 0.690 bits per heavy atom. The van der Waals surface area contributed by atoms with Crippen molar-refractivity contribution >= 4 is 10.9 Å². The van der Waals surface area contributed by atoms with Crippen molar-refractivity contribution in [1.82, 2.24) is 9.97 Å². The average Bonchev–Trinajstić information content (AvgIpc) is 3.27. The molecule has 42 heavy (non-hydrogen) atoms. The maximum atomic E-state index is 14.2. The summed E-state index contributed by atoms with van der Waals surface area (Å²) in [5.74, 6) is -0.278.